The summed E-state index contributed by atoms with van der Waals surface area (Å²) < 4.78 is 7.59. The Balaban J connectivity index is 1.21. The molecule has 2 saturated heterocycles. The van der Waals surface area contributed by atoms with E-state index in [1.165, 1.54) is 0 Å². The van der Waals surface area contributed by atoms with Crippen molar-refractivity contribution in [1.29, 1.82) is 0 Å². The number of ether oxygens (including phenoxy) is 1. The van der Waals surface area contributed by atoms with Crippen molar-refractivity contribution in [3.8, 4) is 0 Å². The van der Waals surface area contributed by atoms with Crippen LogP contribution in [0.1, 0.15) is 51.4 Å². The highest BCUT2D eigenvalue weighted by molar-refractivity contribution is 7.99. The van der Waals surface area contributed by atoms with Gasteiger partial charge in [-0.2, -0.15) is 0 Å². The van der Waals surface area contributed by atoms with E-state index in [1.54, 1.807) is 0 Å². The van der Waals surface area contributed by atoms with Gasteiger partial charge in [0.25, 0.3) is 0 Å². The van der Waals surface area contributed by atoms with Crippen molar-refractivity contribution in [3.05, 3.63) is 12.4 Å². The van der Waals surface area contributed by atoms with Gasteiger partial charge in [-0.1, -0.05) is 11.8 Å². The summed E-state index contributed by atoms with van der Waals surface area (Å²) in [6.07, 6.45) is 12.8. The number of piperidine rings is 1. The highest BCUT2D eigenvalue weighted by atomic mass is 32.2. The van der Waals surface area contributed by atoms with Crippen molar-refractivity contribution < 1.29 is 9.53 Å². The number of rotatable bonds is 5. The maximum absolute atomic E-state index is 12.9. The van der Waals surface area contributed by atoms with Crippen LogP contribution < -0.4 is 5.32 Å². The third-order valence-electron chi connectivity index (χ3n) is 6.60. The molecule has 1 aromatic rings. The molecule has 6 nitrogen and oxygen atoms in total. The van der Waals surface area contributed by atoms with E-state index in [9.17, 15) is 4.79 Å². The van der Waals surface area contributed by atoms with Gasteiger partial charge in [0.2, 0.25) is 5.91 Å². The maximum atomic E-state index is 12.9. The summed E-state index contributed by atoms with van der Waals surface area (Å²) in [4.78, 5) is 19.9. The molecule has 1 aliphatic carbocycles. The van der Waals surface area contributed by atoms with Gasteiger partial charge in [-0.3, -0.25) is 9.69 Å². The van der Waals surface area contributed by atoms with Gasteiger partial charge >= 0.3 is 0 Å². The Morgan fingerprint density at radius 3 is 2.68 bits per heavy atom. The predicted molar refractivity (Wildman–Crippen MR) is 111 cm³/mol. The highest BCUT2D eigenvalue weighted by Gasteiger charge is 2.32. The Bertz CT molecular complexity index is 638. The van der Waals surface area contributed by atoms with Crippen molar-refractivity contribution in [2.45, 2.75) is 73.9 Å². The molecule has 0 aromatic carbocycles. The second-order valence-corrected chi connectivity index (χ2v) is 9.87. The Kier molecular flexibility index (Phi) is 6.96. The van der Waals surface area contributed by atoms with Gasteiger partial charge in [-0.15, -0.1) is 0 Å². The van der Waals surface area contributed by atoms with Gasteiger partial charge < -0.3 is 14.6 Å². The molecule has 7 heteroatoms. The average molecular weight is 407 g/mol. The SMILES string of the molecule is Cn1ccnc1SC1CCC(NC(=O)C2CCCN(C3CCOCC3)C2)CC1. The summed E-state index contributed by atoms with van der Waals surface area (Å²) in [5, 5.41) is 5.10. The molecular formula is C21H34N4O2S. The largest absolute Gasteiger partial charge is 0.381 e. The molecule has 0 bridgehead atoms. The van der Waals surface area contributed by atoms with Gasteiger partial charge in [0, 0.05) is 56.5 Å². The number of amides is 1. The summed E-state index contributed by atoms with van der Waals surface area (Å²) in [6, 6.07) is 0.965. The van der Waals surface area contributed by atoms with Gasteiger partial charge in [0.05, 0.1) is 5.92 Å². The Labute approximate surface area is 172 Å². The Hall–Kier alpha value is -1.05. The molecule has 0 spiro atoms. The minimum Gasteiger partial charge on any atom is -0.381 e. The van der Waals surface area contributed by atoms with Gasteiger partial charge in [0.1, 0.15) is 0 Å². The number of carbonyl (C=O) groups excluding carboxylic acids is 1. The van der Waals surface area contributed by atoms with Crippen LogP contribution >= 0.6 is 11.8 Å². The molecule has 28 heavy (non-hydrogen) atoms. The number of aromatic nitrogens is 2. The van der Waals surface area contributed by atoms with Crippen molar-refractivity contribution >= 4 is 17.7 Å². The van der Waals surface area contributed by atoms with E-state index in [2.05, 4.69) is 26.8 Å². The monoisotopic (exact) mass is 406 g/mol. The molecule has 1 saturated carbocycles. The third kappa shape index (κ3) is 5.10. The van der Waals surface area contributed by atoms with E-state index in [-0.39, 0.29) is 11.8 Å². The third-order valence-corrected chi connectivity index (χ3v) is 8.01. The fourth-order valence-corrected chi connectivity index (χ4v) is 6.02. The van der Waals surface area contributed by atoms with Crippen molar-refractivity contribution in [3.63, 3.8) is 0 Å². The van der Waals surface area contributed by atoms with Gasteiger partial charge in [0.15, 0.2) is 5.16 Å². The number of nitrogens with zero attached hydrogens (tertiary/aromatic N) is 3. The molecule has 4 rings (SSSR count). The van der Waals surface area contributed by atoms with Crippen molar-refractivity contribution in [2.75, 3.05) is 26.3 Å². The second-order valence-electron chi connectivity index (χ2n) is 8.60. The number of hydrogen-bond donors (Lipinski definition) is 1. The Morgan fingerprint density at radius 1 is 1.18 bits per heavy atom. The van der Waals surface area contributed by atoms with E-state index in [0.717, 1.165) is 82.8 Å². The fourth-order valence-electron chi connectivity index (χ4n) is 4.86. The first-order valence-corrected chi connectivity index (χ1v) is 11.8. The number of hydrogen-bond acceptors (Lipinski definition) is 5. The number of likely N-dealkylation sites (tertiary alicyclic amines) is 1. The lowest BCUT2D eigenvalue weighted by Crippen LogP contribution is -2.50. The smallest absolute Gasteiger partial charge is 0.224 e. The van der Waals surface area contributed by atoms with Crippen LogP contribution in [0.5, 0.6) is 0 Å². The second kappa shape index (κ2) is 9.63. The van der Waals surface area contributed by atoms with Crippen LogP contribution in [-0.4, -0.2) is 64.0 Å². The standard InChI is InChI=1S/C21H34N4O2S/c1-24-12-10-22-21(24)28-19-6-4-17(5-7-19)23-20(26)16-3-2-11-25(15-16)18-8-13-27-14-9-18/h10,12,16-19H,2-9,11,13-15H2,1H3,(H,23,26). The van der Waals surface area contributed by atoms with Crippen LogP contribution in [0.25, 0.3) is 0 Å². The van der Waals surface area contributed by atoms with Crippen LogP contribution in [0, 0.1) is 5.92 Å². The molecule has 2 aliphatic heterocycles. The highest BCUT2D eigenvalue weighted by Crippen LogP contribution is 2.33. The van der Waals surface area contributed by atoms with Crippen LogP contribution in [0.4, 0.5) is 0 Å². The summed E-state index contributed by atoms with van der Waals surface area (Å²) in [5.41, 5.74) is 0. The molecule has 1 amide bonds. The minimum absolute atomic E-state index is 0.163. The summed E-state index contributed by atoms with van der Waals surface area (Å²) in [5.74, 6) is 0.452. The zero-order chi connectivity index (χ0) is 19.3. The predicted octanol–water partition coefficient (Wildman–Crippen LogP) is 2.83. The van der Waals surface area contributed by atoms with Crippen molar-refractivity contribution in [2.24, 2.45) is 13.0 Å². The first-order valence-electron chi connectivity index (χ1n) is 10.9. The lowest BCUT2D eigenvalue weighted by molar-refractivity contribution is -0.128. The zero-order valence-electron chi connectivity index (χ0n) is 17.0. The Morgan fingerprint density at radius 2 is 1.96 bits per heavy atom. The summed E-state index contributed by atoms with van der Waals surface area (Å²) in [7, 11) is 2.05. The summed E-state index contributed by atoms with van der Waals surface area (Å²) >= 11 is 1.89. The quantitative estimate of drug-likeness (QED) is 0.815. The lowest BCUT2D eigenvalue weighted by Gasteiger charge is -2.40. The van der Waals surface area contributed by atoms with Crippen LogP contribution in [0.15, 0.2) is 17.6 Å². The molecule has 1 atom stereocenters. The minimum atomic E-state index is 0.163. The molecule has 1 unspecified atom stereocenters. The lowest BCUT2D eigenvalue weighted by atomic mass is 9.91. The van der Waals surface area contributed by atoms with Gasteiger partial charge in [-0.05, 0) is 57.9 Å². The fraction of sp³-hybridized carbons (Fsp3) is 0.810. The van der Waals surface area contributed by atoms with E-state index in [0.29, 0.717) is 17.3 Å². The van der Waals surface area contributed by atoms with E-state index in [1.807, 2.05) is 24.2 Å². The first kappa shape index (κ1) is 20.2. The molecule has 1 N–H and O–H groups in total. The van der Waals surface area contributed by atoms with Crippen LogP contribution in [0.3, 0.4) is 0 Å². The number of imidazole rings is 1. The van der Waals surface area contributed by atoms with E-state index < -0.39 is 0 Å². The van der Waals surface area contributed by atoms with Crippen LogP contribution in [0.2, 0.25) is 0 Å². The molecule has 3 heterocycles. The van der Waals surface area contributed by atoms with E-state index >= 15 is 0 Å². The number of carbonyl (C=O) groups is 1. The number of thioether (sulfide) groups is 1. The zero-order valence-corrected chi connectivity index (χ0v) is 17.8. The normalized spacial score (nSPS) is 30.2. The average Bonchev–Trinajstić information content (AvgIpc) is 3.14. The van der Waals surface area contributed by atoms with Gasteiger partial charge in [-0.25, -0.2) is 4.98 Å². The molecule has 0 radical (unpaired) electrons. The molecule has 1 aromatic heterocycles. The number of nitrogens with one attached hydrogen (secondary N) is 1. The molecule has 156 valence electrons. The van der Waals surface area contributed by atoms with E-state index in [4.69, 9.17) is 4.74 Å². The van der Waals surface area contributed by atoms with Crippen molar-refractivity contribution in [1.82, 2.24) is 19.8 Å². The summed E-state index contributed by atoms with van der Waals surface area (Å²) in [6.45, 7) is 3.82. The topological polar surface area (TPSA) is 59.4 Å². The molecule has 3 aliphatic rings. The molecular weight excluding hydrogens is 372 g/mol. The first-order chi connectivity index (χ1) is 13.7. The maximum Gasteiger partial charge on any atom is 0.224 e. The van der Waals surface area contributed by atoms with Crippen LogP contribution in [-0.2, 0) is 16.6 Å². The number of aryl methyl sites for hydroxylation is 1. The molecule has 3 fully saturated rings.